The minimum Gasteiger partial charge on any atom is -0.495 e. The Morgan fingerprint density at radius 1 is 1.18 bits per heavy atom. The minimum atomic E-state index is 0.317. The number of rotatable bonds is 3. The van der Waals surface area contributed by atoms with Crippen molar-refractivity contribution < 1.29 is 4.74 Å². The lowest BCUT2D eigenvalue weighted by Gasteiger charge is -2.33. The van der Waals surface area contributed by atoms with Gasteiger partial charge >= 0.3 is 0 Å². The van der Waals surface area contributed by atoms with Crippen LogP contribution in [0, 0.1) is 6.92 Å². The second kappa shape index (κ2) is 6.31. The van der Waals surface area contributed by atoms with Crippen LogP contribution in [-0.2, 0) is 6.54 Å². The molecule has 0 saturated carbocycles. The second-order valence-corrected chi connectivity index (χ2v) is 7.38. The van der Waals surface area contributed by atoms with Crippen LogP contribution in [0.5, 0.6) is 5.75 Å². The number of methoxy groups -OCH3 is 1. The fourth-order valence-corrected chi connectivity index (χ4v) is 4.44. The Kier molecular flexibility index (Phi) is 3.87. The van der Waals surface area contributed by atoms with Crippen molar-refractivity contribution in [2.24, 2.45) is 0 Å². The molecular weight excluding hydrogens is 352 g/mol. The fraction of sp³-hybridized carbons (Fsp3) is 0.381. The lowest BCUT2D eigenvalue weighted by Crippen LogP contribution is -2.37. The molecule has 5 heterocycles. The highest BCUT2D eigenvalue weighted by Gasteiger charge is 2.29. The van der Waals surface area contributed by atoms with Gasteiger partial charge in [-0.3, -0.25) is 14.6 Å². The first-order chi connectivity index (χ1) is 13.6. The smallest absolute Gasteiger partial charge is 0.138 e. The molecule has 0 bridgehead atoms. The van der Waals surface area contributed by atoms with Crippen LogP contribution in [0.2, 0.25) is 0 Å². The maximum Gasteiger partial charge on any atom is 0.138 e. The molecule has 28 heavy (non-hydrogen) atoms. The van der Waals surface area contributed by atoms with Crippen molar-refractivity contribution in [2.75, 3.05) is 20.2 Å². The van der Waals surface area contributed by atoms with Gasteiger partial charge < -0.3 is 9.72 Å². The number of hydrogen-bond donors (Lipinski definition) is 1. The van der Waals surface area contributed by atoms with Crippen molar-refractivity contribution in [3.63, 3.8) is 0 Å². The van der Waals surface area contributed by atoms with Gasteiger partial charge in [0.1, 0.15) is 11.4 Å². The summed E-state index contributed by atoms with van der Waals surface area (Å²) in [5.74, 6) is 0.748. The first-order valence-electron chi connectivity index (χ1n) is 9.74. The summed E-state index contributed by atoms with van der Waals surface area (Å²) in [6, 6.07) is 4.49. The minimum absolute atomic E-state index is 0.317. The molecule has 4 aromatic heterocycles. The van der Waals surface area contributed by atoms with Crippen molar-refractivity contribution in [3.05, 3.63) is 35.9 Å². The molecule has 0 saturated heterocycles. The van der Waals surface area contributed by atoms with E-state index in [1.54, 1.807) is 13.3 Å². The molecule has 7 nitrogen and oxygen atoms in total. The van der Waals surface area contributed by atoms with E-state index in [1.807, 2.05) is 12.3 Å². The van der Waals surface area contributed by atoms with Gasteiger partial charge in [0.25, 0.3) is 0 Å². The number of H-pyrrole nitrogens is 1. The van der Waals surface area contributed by atoms with Crippen LogP contribution in [0.15, 0.2) is 24.5 Å². The van der Waals surface area contributed by atoms with Crippen LogP contribution < -0.4 is 4.74 Å². The van der Waals surface area contributed by atoms with Crippen LogP contribution in [0.25, 0.3) is 33.2 Å². The van der Waals surface area contributed by atoms with E-state index in [0.717, 1.165) is 64.3 Å². The summed E-state index contributed by atoms with van der Waals surface area (Å²) < 4.78 is 7.52. The maximum atomic E-state index is 5.36. The molecule has 7 heteroatoms. The van der Waals surface area contributed by atoms with Gasteiger partial charge in [0, 0.05) is 28.9 Å². The van der Waals surface area contributed by atoms with Gasteiger partial charge in [-0.25, -0.2) is 4.98 Å². The number of likely N-dealkylation sites (N-methyl/N-ethyl adjacent to an activating group) is 1. The van der Waals surface area contributed by atoms with E-state index in [4.69, 9.17) is 14.8 Å². The average Bonchev–Trinajstić information content (AvgIpc) is 3.24. The summed E-state index contributed by atoms with van der Waals surface area (Å²) in [7, 11) is 1.66. The highest BCUT2D eigenvalue weighted by molar-refractivity contribution is 6.07. The Bertz CT molecular complexity index is 1190. The average molecular weight is 376 g/mol. The predicted octanol–water partition coefficient (Wildman–Crippen LogP) is 3.69. The Hall–Kier alpha value is -2.93. The van der Waals surface area contributed by atoms with E-state index in [1.165, 1.54) is 5.69 Å². The van der Waals surface area contributed by atoms with Crippen LogP contribution in [0.1, 0.15) is 31.3 Å². The quantitative estimate of drug-likeness (QED) is 0.590. The lowest BCUT2D eigenvalue weighted by atomic mass is 10.0. The summed E-state index contributed by atoms with van der Waals surface area (Å²) in [5.41, 5.74) is 6.21. The molecule has 144 valence electrons. The summed E-state index contributed by atoms with van der Waals surface area (Å²) >= 11 is 0. The molecule has 0 aromatic carbocycles. The number of aromatic nitrogens is 5. The number of ether oxygens (including phenoxy) is 1. The Labute approximate surface area is 163 Å². The number of aryl methyl sites for hydroxylation is 1. The fourth-order valence-electron chi connectivity index (χ4n) is 4.44. The Morgan fingerprint density at radius 3 is 2.82 bits per heavy atom. The largest absolute Gasteiger partial charge is 0.495 e. The van der Waals surface area contributed by atoms with Crippen LogP contribution >= 0.6 is 0 Å². The molecule has 0 aliphatic carbocycles. The predicted molar refractivity (Wildman–Crippen MR) is 110 cm³/mol. The van der Waals surface area contributed by atoms with Crippen LogP contribution in [-0.4, -0.2) is 49.8 Å². The summed E-state index contributed by atoms with van der Waals surface area (Å²) in [6.07, 6.45) is 3.62. The molecule has 1 N–H and O–H groups in total. The van der Waals surface area contributed by atoms with E-state index in [-0.39, 0.29) is 0 Å². The second-order valence-electron chi connectivity index (χ2n) is 7.38. The van der Waals surface area contributed by atoms with Crippen molar-refractivity contribution in [1.82, 2.24) is 29.6 Å². The SMILES string of the molecule is CCN1CCn2nc(C)c(-c3cc4c(cn3)[nH]c3ncc(OC)cc34)c2C1C. The summed E-state index contributed by atoms with van der Waals surface area (Å²) in [4.78, 5) is 15.1. The molecule has 4 aromatic rings. The molecule has 1 aliphatic rings. The third-order valence-electron chi connectivity index (χ3n) is 5.92. The van der Waals surface area contributed by atoms with Gasteiger partial charge in [-0.2, -0.15) is 5.10 Å². The standard InChI is InChI=1S/C21H24N6O/c1-5-26-6-7-27-20(13(26)3)19(12(2)25-27)17-9-15-16-8-14(28-4)10-23-21(16)24-18(15)11-22-17/h8-11,13H,5-7H2,1-4H3,(H,23,24). The number of nitrogens with one attached hydrogen (secondary N) is 1. The normalized spacial score (nSPS) is 17.4. The first kappa shape index (κ1) is 17.2. The summed E-state index contributed by atoms with van der Waals surface area (Å²) in [5, 5.41) is 6.95. The third kappa shape index (κ3) is 2.43. The highest BCUT2D eigenvalue weighted by atomic mass is 16.5. The van der Waals surface area contributed by atoms with Gasteiger partial charge in [-0.05, 0) is 32.5 Å². The zero-order valence-electron chi connectivity index (χ0n) is 16.7. The number of hydrogen-bond acceptors (Lipinski definition) is 5. The molecule has 0 fully saturated rings. The zero-order chi connectivity index (χ0) is 19.4. The monoisotopic (exact) mass is 376 g/mol. The van der Waals surface area contributed by atoms with E-state index < -0.39 is 0 Å². The number of aromatic amines is 1. The molecule has 1 unspecified atom stereocenters. The molecule has 5 rings (SSSR count). The summed E-state index contributed by atoms with van der Waals surface area (Å²) in [6.45, 7) is 9.54. The molecule has 1 atom stereocenters. The van der Waals surface area contributed by atoms with Crippen molar-refractivity contribution in [1.29, 1.82) is 0 Å². The molecule has 0 radical (unpaired) electrons. The lowest BCUT2D eigenvalue weighted by molar-refractivity contribution is 0.172. The van der Waals surface area contributed by atoms with E-state index >= 15 is 0 Å². The van der Waals surface area contributed by atoms with Crippen molar-refractivity contribution in [2.45, 2.75) is 33.4 Å². The van der Waals surface area contributed by atoms with Gasteiger partial charge in [0.15, 0.2) is 0 Å². The number of nitrogens with zero attached hydrogens (tertiary/aromatic N) is 5. The van der Waals surface area contributed by atoms with Gasteiger partial charge in [-0.1, -0.05) is 6.92 Å². The van der Waals surface area contributed by atoms with Crippen LogP contribution in [0.4, 0.5) is 0 Å². The third-order valence-corrected chi connectivity index (χ3v) is 5.92. The molecule has 0 spiro atoms. The van der Waals surface area contributed by atoms with E-state index in [9.17, 15) is 0 Å². The topological polar surface area (TPSA) is 71.9 Å². The van der Waals surface area contributed by atoms with Crippen molar-refractivity contribution in [3.8, 4) is 17.0 Å². The first-order valence-corrected chi connectivity index (χ1v) is 9.74. The highest BCUT2D eigenvalue weighted by Crippen LogP contribution is 2.37. The molecule has 0 amide bonds. The van der Waals surface area contributed by atoms with Gasteiger partial charge in [0.2, 0.25) is 0 Å². The van der Waals surface area contributed by atoms with E-state index in [2.05, 4.69) is 46.4 Å². The number of fused-ring (bicyclic) bond motifs is 4. The number of pyridine rings is 2. The maximum absolute atomic E-state index is 5.36. The van der Waals surface area contributed by atoms with E-state index in [0.29, 0.717) is 6.04 Å². The Balaban J connectivity index is 1.72. The zero-order valence-corrected chi connectivity index (χ0v) is 16.7. The van der Waals surface area contributed by atoms with Crippen LogP contribution in [0.3, 0.4) is 0 Å². The van der Waals surface area contributed by atoms with Crippen molar-refractivity contribution >= 4 is 21.9 Å². The molecular formula is C21H24N6O. The van der Waals surface area contributed by atoms with Gasteiger partial charge in [0.05, 0.1) is 48.6 Å². The van der Waals surface area contributed by atoms with Gasteiger partial charge in [-0.15, -0.1) is 0 Å². The molecule has 1 aliphatic heterocycles. The Morgan fingerprint density at radius 2 is 2.04 bits per heavy atom.